The Balaban J connectivity index is 2.38. The van der Waals surface area contributed by atoms with Crippen LogP contribution in [-0.2, 0) is 4.74 Å². The lowest BCUT2D eigenvalue weighted by Crippen LogP contribution is -2.22. The first-order valence-corrected chi connectivity index (χ1v) is 3.80. The second-order valence-corrected chi connectivity index (χ2v) is 2.77. The molecule has 56 valence electrons. The number of hydrogen-bond acceptors (Lipinski definition) is 2. The summed E-state index contributed by atoms with van der Waals surface area (Å²) < 4.78 is 5.51. The van der Waals surface area contributed by atoms with Gasteiger partial charge in [-0.15, -0.1) is 0 Å². The maximum absolute atomic E-state index is 5.51. The van der Waals surface area contributed by atoms with E-state index in [9.17, 15) is 0 Å². The molecule has 3 heteroatoms. The van der Waals surface area contributed by atoms with Crippen molar-refractivity contribution in [3.05, 3.63) is 35.8 Å². The van der Waals surface area contributed by atoms with Crippen molar-refractivity contribution >= 4 is 7.85 Å². The highest BCUT2D eigenvalue weighted by molar-refractivity contribution is 6.21. The molecule has 0 bridgehead atoms. The van der Waals surface area contributed by atoms with Crippen LogP contribution in [0.3, 0.4) is 0 Å². The third-order valence-corrected chi connectivity index (χ3v) is 1.99. The third-order valence-electron chi connectivity index (χ3n) is 1.99. The van der Waals surface area contributed by atoms with Crippen molar-refractivity contribution in [1.82, 2.24) is 4.90 Å². The van der Waals surface area contributed by atoms with Crippen LogP contribution in [0, 0.1) is 0 Å². The molecule has 0 saturated heterocycles. The van der Waals surface area contributed by atoms with Gasteiger partial charge in [-0.3, -0.25) is 0 Å². The topological polar surface area (TPSA) is 12.5 Å². The Morgan fingerprint density at radius 3 is 3.09 bits per heavy atom. The van der Waals surface area contributed by atoms with Crippen LogP contribution < -0.4 is 0 Å². The molecule has 0 aromatic carbocycles. The maximum atomic E-state index is 5.51. The Kier molecular flexibility index (Phi) is 1.31. The van der Waals surface area contributed by atoms with Crippen LogP contribution in [0.15, 0.2) is 35.8 Å². The summed E-state index contributed by atoms with van der Waals surface area (Å²) in [6.07, 6.45) is 8.31. The molecule has 0 aromatic rings. The first-order chi connectivity index (χ1) is 5.29. The van der Waals surface area contributed by atoms with Crippen LogP contribution in [-0.4, -0.2) is 19.0 Å². The van der Waals surface area contributed by atoms with Gasteiger partial charge >= 0.3 is 0 Å². The highest BCUT2D eigenvalue weighted by Crippen LogP contribution is 2.26. The fourth-order valence-corrected chi connectivity index (χ4v) is 1.44. The normalized spacial score (nSPS) is 27.4. The van der Waals surface area contributed by atoms with Gasteiger partial charge in [-0.05, 0) is 19.1 Å². The van der Waals surface area contributed by atoms with Crippen molar-refractivity contribution in [2.45, 2.75) is 13.2 Å². The van der Waals surface area contributed by atoms with E-state index in [1.54, 1.807) is 0 Å². The number of hydrogen-bond donors (Lipinski definition) is 0. The SMILES string of the molecule is BC1=C2C=CC=CN2C(C)O1. The fourth-order valence-electron chi connectivity index (χ4n) is 1.44. The minimum absolute atomic E-state index is 0.159. The monoisotopic (exact) mass is 147 g/mol. The first kappa shape index (κ1) is 6.59. The number of fused-ring (bicyclic) bond motifs is 1. The van der Waals surface area contributed by atoms with Gasteiger partial charge in [0.2, 0.25) is 0 Å². The van der Waals surface area contributed by atoms with Gasteiger partial charge in [0.05, 0.1) is 11.4 Å². The summed E-state index contributed by atoms with van der Waals surface area (Å²) >= 11 is 0. The van der Waals surface area contributed by atoms with Crippen molar-refractivity contribution in [3.8, 4) is 0 Å². The molecule has 1 unspecified atom stereocenters. The molecule has 0 fully saturated rings. The third kappa shape index (κ3) is 0.879. The summed E-state index contributed by atoms with van der Waals surface area (Å²) in [4.78, 5) is 2.12. The van der Waals surface area contributed by atoms with E-state index in [2.05, 4.69) is 11.0 Å². The lowest BCUT2D eigenvalue weighted by atomic mass is 10.0. The number of rotatable bonds is 0. The number of nitrogens with zero attached hydrogens (tertiary/aromatic N) is 1. The molecule has 2 rings (SSSR count). The van der Waals surface area contributed by atoms with E-state index >= 15 is 0 Å². The molecule has 0 spiro atoms. The first-order valence-electron chi connectivity index (χ1n) is 3.80. The highest BCUT2D eigenvalue weighted by Gasteiger charge is 2.24. The summed E-state index contributed by atoms with van der Waals surface area (Å²) in [5, 5.41) is 0. The average molecular weight is 147 g/mol. The Labute approximate surface area is 67.2 Å². The Hall–Kier alpha value is -1.12. The molecule has 2 heterocycles. The number of allylic oxidation sites excluding steroid dienone is 3. The molecule has 0 amide bonds. The van der Waals surface area contributed by atoms with E-state index in [0.717, 1.165) is 5.66 Å². The van der Waals surface area contributed by atoms with Crippen molar-refractivity contribution in [2.24, 2.45) is 0 Å². The van der Waals surface area contributed by atoms with Gasteiger partial charge in [-0.1, -0.05) is 6.08 Å². The lowest BCUT2D eigenvalue weighted by Gasteiger charge is -2.20. The summed E-state index contributed by atoms with van der Waals surface area (Å²) in [5.74, 6) is 0. The maximum Gasteiger partial charge on any atom is 0.188 e. The minimum Gasteiger partial charge on any atom is -0.484 e. The van der Waals surface area contributed by atoms with Crippen molar-refractivity contribution in [2.75, 3.05) is 0 Å². The van der Waals surface area contributed by atoms with Gasteiger partial charge in [0.1, 0.15) is 0 Å². The van der Waals surface area contributed by atoms with Crippen molar-refractivity contribution < 1.29 is 4.74 Å². The average Bonchev–Trinajstić information content (AvgIpc) is 2.30. The van der Waals surface area contributed by atoms with Crippen LogP contribution in [0.25, 0.3) is 0 Å². The van der Waals surface area contributed by atoms with E-state index < -0.39 is 0 Å². The van der Waals surface area contributed by atoms with Crippen LogP contribution in [0.2, 0.25) is 0 Å². The molecule has 11 heavy (non-hydrogen) atoms. The second kappa shape index (κ2) is 2.19. The minimum atomic E-state index is 0.159. The van der Waals surface area contributed by atoms with Crippen LogP contribution in [0.1, 0.15) is 6.92 Å². The molecule has 2 aliphatic rings. The zero-order valence-electron chi connectivity index (χ0n) is 6.74. The van der Waals surface area contributed by atoms with Gasteiger partial charge in [0.15, 0.2) is 14.1 Å². The van der Waals surface area contributed by atoms with E-state index in [1.165, 1.54) is 5.70 Å². The Morgan fingerprint density at radius 1 is 1.55 bits per heavy atom. The molecule has 0 aromatic heterocycles. The van der Waals surface area contributed by atoms with Gasteiger partial charge in [-0.2, -0.15) is 0 Å². The summed E-state index contributed by atoms with van der Waals surface area (Å²) in [7, 11) is 2.00. The molecule has 0 N–H and O–H groups in total. The molecule has 2 nitrogen and oxygen atoms in total. The smallest absolute Gasteiger partial charge is 0.188 e. The second-order valence-electron chi connectivity index (χ2n) is 2.77. The molecule has 1 atom stereocenters. The predicted octanol–water partition coefficient (Wildman–Crippen LogP) is 0.550. The summed E-state index contributed by atoms with van der Waals surface area (Å²) in [6, 6.07) is 0. The van der Waals surface area contributed by atoms with E-state index in [4.69, 9.17) is 4.74 Å². The van der Waals surface area contributed by atoms with Crippen LogP contribution in [0.5, 0.6) is 0 Å². The van der Waals surface area contributed by atoms with E-state index in [0.29, 0.717) is 0 Å². The van der Waals surface area contributed by atoms with Gasteiger partial charge in [-0.25, -0.2) is 0 Å². The Morgan fingerprint density at radius 2 is 2.36 bits per heavy atom. The summed E-state index contributed by atoms with van der Waals surface area (Å²) in [6.45, 7) is 2.04. The molecular weight excluding hydrogens is 137 g/mol. The lowest BCUT2D eigenvalue weighted by molar-refractivity contribution is 0.0939. The predicted molar refractivity (Wildman–Crippen MR) is 46.2 cm³/mol. The van der Waals surface area contributed by atoms with Crippen molar-refractivity contribution in [1.29, 1.82) is 0 Å². The van der Waals surface area contributed by atoms with Crippen LogP contribution in [0.4, 0.5) is 0 Å². The molecule has 0 saturated carbocycles. The zero-order valence-corrected chi connectivity index (χ0v) is 6.74. The molecule has 0 radical (unpaired) electrons. The van der Waals surface area contributed by atoms with Gasteiger partial charge < -0.3 is 9.64 Å². The number of ether oxygens (including phenoxy) is 1. The summed E-state index contributed by atoms with van der Waals surface area (Å²) in [5.41, 5.74) is 2.19. The van der Waals surface area contributed by atoms with Gasteiger partial charge in [0, 0.05) is 6.20 Å². The van der Waals surface area contributed by atoms with Gasteiger partial charge in [0.25, 0.3) is 0 Å². The molecule has 0 aliphatic carbocycles. The molecular formula is C8H10BNO. The largest absolute Gasteiger partial charge is 0.484 e. The standard InChI is InChI=1S/C8H10BNO/c1-6-10-5-3-2-4-7(10)8(9)11-6/h2-6H,9H2,1H3. The van der Waals surface area contributed by atoms with Crippen LogP contribution >= 0.6 is 0 Å². The van der Waals surface area contributed by atoms with E-state index in [-0.39, 0.29) is 6.23 Å². The fraction of sp³-hybridized carbons (Fsp3) is 0.250. The van der Waals surface area contributed by atoms with E-state index in [1.807, 2.05) is 33.1 Å². The molecule has 2 aliphatic heterocycles. The van der Waals surface area contributed by atoms with Crippen molar-refractivity contribution in [3.63, 3.8) is 0 Å². The highest BCUT2D eigenvalue weighted by atomic mass is 16.5. The quantitative estimate of drug-likeness (QED) is 0.464. The Bertz CT molecular complexity index is 267. The zero-order chi connectivity index (χ0) is 7.84.